The molecular weight excluding hydrogens is 245 g/mol. The van der Waals surface area contributed by atoms with Crippen molar-refractivity contribution < 1.29 is 18.3 Å². The fourth-order valence-electron chi connectivity index (χ4n) is 2.63. The van der Waals surface area contributed by atoms with Crippen LogP contribution in [0.15, 0.2) is 0 Å². The molecule has 0 aromatic carbocycles. The number of nitriles is 1. The first-order valence-corrected chi connectivity index (χ1v) is 6.18. The van der Waals surface area contributed by atoms with Crippen molar-refractivity contribution >= 4 is 0 Å². The number of aliphatic hydroxyl groups is 1. The van der Waals surface area contributed by atoms with Crippen molar-refractivity contribution in [1.82, 2.24) is 4.90 Å². The Kier molecular flexibility index (Phi) is 5.42. The van der Waals surface area contributed by atoms with Gasteiger partial charge < -0.3 is 5.11 Å². The van der Waals surface area contributed by atoms with Crippen molar-refractivity contribution in [3.63, 3.8) is 0 Å². The minimum Gasteiger partial charge on any atom is -0.395 e. The summed E-state index contributed by atoms with van der Waals surface area (Å²) in [5, 5.41) is 17.9. The van der Waals surface area contributed by atoms with Crippen LogP contribution in [-0.4, -0.2) is 41.9 Å². The van der Waals surface area contributed by atoms with Crippen molar-refractivity contribution in [3.8, 4) is 6.07 Å². The van der Waals surface area contributed by atoms with Gasteiger partial charge in [-0.1, -0.05) is 6.92 Å². The quantitative estimate of drug-likeness (QED) is 0.846. The molecule has 18 heavy (non-hydrogen) atoms. The molecule has 0 radical (unpaired) electrons. The molecule has 1 aliphatic rings. The van der Waals surface area contributed by atoms with Crippen LogP contribution >= 0.6 is 0 Å². The van der Waals surface area contributed by atoms with E-state index in [-0.39, 0.29) is 19.1 Å². The van der Waals surface area contributed by atoms with Crippen molar-refractivity contribution in [2.45, 2.75) is 38.4 Å². The predicted octanol–water partition coefficient (Wildman–Crippen LogP) is 2.17. The van der Waals surface area contributed by atoms with E-state index < -0.39 is 18.8 Å². The Morgan fingerprint density at radius 1 is 1.39 bits per heavy atom. The van der Waals surface area contributed by atoms with Gasteiger partial charge in [0.25, 0.3) is 0 Å². The molecule has 104 valence electrons. The molecule has 0 spiro atoms. The molecule has 0 bridgehead atoms. The molecule has 0 amide bonds. The molecule has 3 atom stereocenters. The third-order valence-corrected chi connectivity index (χ3v) is 3.48. The van der Waals surface area contributed by atoms with Crippen LogP contribution in [0, 0.1) is 23.2 Å². The molecule has 3 unspecified atom stereocenters. The largest absolute Gasteiger partial charge is 0.401 e. The minimum absolute atomic E-state index is 0.0327. The molecule has 1 saturated carbocycles. The highest BCUT2D eigenvalue weighted by Crippen LogP contribution is 2.33. The second-order valence-corrected chi connectivity index (χ2v) is 5.03. The van der Waals surface area contributed by atoms with Gasteiger partial charge >= 0.3 is 6.18 Å². The number of hydrogen-bond acceptors (Lipinski definition) is 3. The Bertz CT molecular complexity index is 301. The topological polar surface area (TPSA) is 47.3 Å². The van der Waals surface area contributed by atoms with Gasteiger partial charge in [0.2, 0.25) is 0 Å². The molecular formula is C12H19F3N2O. The van der Waals surface area contributed by atoms with E-state index in [0.29, 0.717) is 18.8 Å². The van der Waals surface area contributed by atoms with Gasteiger partial charge in [-0.2, -0.15) is 18.4 Å². The molecule has 1 fully saturated rings. The van der Waals surface area contributed by atoms with Gasteiger partial charge in [-0.25, -0.2) is 0 Å². The highest BCUT2D eigenvalue weighted by atomic mass is 19.4. The predicted molar refractivity (Wildman–Crippen MR) is 60.6 cm³/mol. The van der Waals surface area contributed by atoms with Crippen LogP contribution in [0.2, 0.25) is 0 Å². The fourth-order valence-corrected chi connectivity index (χ4v) is 2.63. The summed E-state index contributed by atoms with van der Waals surface area (Å²) in [6.45, 7) is 0.586. The Labute approximate surface area is 105 Å². The van der Waals surface area contributed by atoms with Crippen molar-refractivity contribution in [3.05, 3.63) is 0 Å². The molecule has 0 heterocycles. The Hall–Kier alpha value is -0.800. The summed E-state index contributed by atoms with van der Waals surface area (Å²) >= 11 is 0. The maximum Gasteiger partial charge on any atom is 0.401 e. The monoisotopic (exact) mass is 264 g/mol. The van der Waals surface area contributed by atoms with Crippen LogP contribution < -0.4 is 0 Å². The fraction of sp³-hybridized carbons (Fsp3) is 0.917. The van der Waals surface area contributed by atoms with E-state index >= 15 is 0 Å². The van der Waals surface area contributed by atoms with Crippen molar-refractivity contribution in [2.24, 2.45) is 11.8 Å². The Balaban J connectivity index is 2.78. The van der Waals surface area contributed by atoms with E-state index in [1.165, 1.54) is 4.90 Å². The van der Waals surface area contributed by atoms with E-state index in [2.05, 4.69) is 6.07 Å². The van der Waals surface area contributed by atoms with E-state index in [4.69, 9.17) is 10.4 Å². The van der Waals surface area contributed by atoms with E-state index in [1.807, 2.05) is 6.92 Å². The lowest BCUT2D eigenvalue weighted by atomic mass is 9.79. The average molecular weight is 264 g/mol. The maximum absolute atomic E-state index is 12.5. The number of hydrogen-bond donors (Lipinski definition) is 1. The number of alkyl halides is 3. The van der Waals surface area contributed by atoms with Gasteiger partial charge in [0.15, 0.2) is 0 Å². The van der Waals surface area contributed by atoms with Gasteiger partial charge in [0, 0.05) is 12.6 Å². The van der Waals surface area contributed by atoms with Crippen LogP contribution in [0.3, 0.4) is 0 Å². The van der Waals surface area contributed by atoms with E-state index in [0.717, 1.165) is 6.42 Å². The summed E-state index contributed by atoms with van der Waals surface area (Å²) in [5.74, 6) is -0.0378. The van der Waals surface area contributed by atoms with Crippen LogP contribution in [0.25, 0.3) is 0 Å². The zero-order valence-corrected chi connectivity index (χ0v) is 10.5. The van der Waals surface area contributed by atoms with Crippen molar-refractivity contribution in [1.29, 1.82) is 5.26 Å². The third-order valence-electron chi connectivity index (χ3n) is 3.48. The van der Waals surface area contributed by atoms with E-state index in [9.17, 15) is 13.2 Å². The zero-order chi connectivity index (χ0) is 13.8. The SMILES string of the molecule is CC1CCC(C#N)C(N(CCO)CC(F)(F)F)C1. The molecule has 1 rings (SSSR count). The minimum atomic E-state index is -4.30. The van der Waals surface area contributed by atoms with Gasteiger partial charge in [0.05, 0.1) is 25.1 Å². The smallest absolute Gasteiger partial charge is 0.395 e. The summed E-state index contributed by atoms with van der Waals surface area (Å²) in [7, 11) is 0. The molecule has 0 aromatic rings. The molecule has 6 heteroatoms. The normalized spacial score (nSPS) is 29.3. The van der Waals surface area contributed by atoms with Crippen LogP contribution in [0.1, 0.15) is 26.2 Å². The molecule has 1 aliphatic carbocycles. The highest BCUT2D eigenvalue weighted by molar-refractivity contribution is 4.97. The Morgan fingerprint density at radius 3 is 2.56 bits per heavy atom. The summed E-state index contributed by atoms with van der Waals surface area (Å²) in [5.41, 5.74) is 0. The van der Waals surface area contributed by atoms with Gasteiger partial charge in [-0.05, 0) is 25.2 Å². The van der Waals surface area contributed by atoms with Gasteiger partial charge in [0.1, 0.15) is 0 Å². The number of halogens is 3. The molecule has 1 N–H and O–H groups in total. The standard InChI is InChI=1S/C12H19F3N2O/c1-9-2-3-10(7-16)11(6-9)17(4-5-18)8-12(13,14)15/h9-11,18H,2-6,8H2,1H3. The molecule has 0 aliphatic heterocycles. The second-order valence-electron chi connectivity index (χ2n) is 5.03. The molecule has 0 aromatic heterocycles. The third kappa shape index (κ3) is 4.46. The number of nitrogens with zero attached hydrogens (tertiary/aromatic N) is 2. The van der Waals surface area contributed by atoms with Crippen molar-refractivity contribution in [2.75, 3.05) is 19.7 Å². The zero-order valence-electron chi connectivity index (χ0n) is 10.5. The molecule has 0 saturated heterocycles. The van der Waals surface area contributed by atoms with Gasteiger partial charge in [-0.15, -0.1) is 0 Å². The average Bonchev–Trinajstić information content (AvgIpc) is 2.26. The summed E-state index contributed by atoms with van der Waals surface area (Å²) in [4.78, 5) is 1.21. The van der Waals surface area contributed by atoms with E-state index in [1.54, 1.807) is 0 Å². The van der Waals surface area contributed by atoms with Crippen LogP contribution in [0.5, 0.6) is 0 Å². The van der Waals surface area contributed by atoms with Crippen LogP contribution in [-0.2, 0) is 0 Å². The van der Waals surface area contributed by atoms with Gasteiger partial charge in [-0.3, -0.25) is 4.90 Å². The lowest BCUT2D eigenvalue weighted by molar-refractivity contribution is -0.155. The Morgan fingerprint density at radius 2 is 2.06 bits per heavy atom. The lowest BCUT2D eigenvalue weighted by Gasteiger charge is -2.39. The number of rotatable bonds is 4. The summed E-state index contributed by atoms with van der Waals surface area (Å²) in [6.07, 6.45) is -2.18. The first-order chi connectivity index (χ1) is 8.37. The second kappa shape index (κ2) is 6.39. The first kappa shape index (κ1) is 15.3. The lowest BCUT2D eigenvalue weighted by Crippen LogP contribution is -2.48. The molecule has 3 nitrogen and oxygen atoms in total. The summed E-state index contributed by atoms with van der Waals surface area (Å²) in [6, 6.07) is 1.71. The highest BCUT2D eigenvalue weighted by Gasteiger charge is 2.38. The van der Waals surface area contributed by atoms with Crippen LogP contribution in [0.4, 0.5) is 13.2 Å². The maximum atomic E-state index is 12.5. The summed E-state index contributed by atoms with van der Waals surface area (Å²) < 4.78 is 37.5. The number of aliphatic hydroxyl groups excluding tert-OH is 1. The first-order valence-electron chi connectivity index (χ1n) is 6.18.